The van der Waals surface area contributed by atoms with Crippen molar-refractivity contribution in [1.29, 1.82) is 0 Å². The van der Waals surface area contributed by atoms with E-state index in [1.54, 1.807) is 6.92 Å². The van der Waals surface area contributed by atoms with Crippen molar-refractivity contribution in [3.63, 3.8) is 0 Å². The molecular weight excluding hydrogens is 222 g/mol. The Balaban J connectivity index is 4.50. The summed E-state index contributed by atoms with van der Waals surface area (Å²) in [7, 11) is -2.95. The van der Waals surface area contributed by atoms with Crippen LogP contribution in [0.3, 0.4) is 0 Å². The maximum atomic E-state index is 12.0. The summed E-state index contributed by atoms with van der Waals surface area (Å²) in [5, 5.41) is 3.10. The molecule has 0 aliphatic rings. The van der Waals surface area contributed by atoms with E-state index in [2.05, 4.69) is 26.1 Å². The van der Waals surface area contributed by atoms with Crippen molar-refractivity contribution >= 4 is 9.84 Å². The van der Waals surface area contributed by atoms with E-state index in [-0.39, 0.29) is 17.0 Å². The van der Waals surface area contributed by atoms with Gasteiger partial charge in [0, 0.05) is 6.04 Å². The first-order valence-electron chi connectivity index (χ1n) is 6.30. The summed E-state index contributed by atoms with van der Waals surface area (Å²) in [6.45, 7) is 10.8. The highest BCUT2D eigenvalue weighted by Crippen LogP contribution is 2.12. The third-order valence-corrected chi connectivity index (χ3v) is 5.44. The van der Waals surface area contributed by atoms with Crippen molar-refractivity contribution in [2.75, 3.05) is 12.3 Å². The van der Waals surface area contributed by atoms with Gasteiger partial charge in [0.2, 0.25) is 0 Å². The first-order valence-corrected chi connectivity index (χ1v) is 8.01. The zero-order valence-corrected chi connectivity index (χ0v) is 12.1. The third kappa shape index (κ3) is 5.30. The van der Waals surface area contributed by atoms with Crippen molar-refractivity contribution in [3.05, 3.63) is 0 Å². The predicted molar refractivity (Wildman–Crippen MR) is 70.5 cm³/mol. The van der Waals surface area contributed by atoms with Crippen molar-refractivity contribution < 1.29 is 8.42 Å². The van der Waals surface area contributed by atoms with Crippen molar-refractivity contribution in [1.82, 2.24) is 5.32 Å². The van der Waals surface area contributed by atoms with E-state index in [1.165, 1.54) is 0 Å². The third-order valence-electron chi connectivity index (χ3n) is 3.06. The molecule has 0 saturated carbocycles. The molecule has 16 heavy (non-hydrogen) atoms. The van der Waals surface area contributed by atoms with Crippen LogP contribution in [0.1, 0.15) is 47.5 Å². The molecule has 0 aromatic carbocycles. The number of hydrogen-bond donors (Lipinski definition) is 1. The van der Waals surface area contributed by atoms with Crippen LogP contribution in [0.4, 0.5) is 0 Å². The van der Waals surface area contributed by atoms with Gasteiger partial charge in [0.15, 0.2) is 9.84 Å². The molecule has 0 heterocycles. The molecule has 0 saturated heterocycles. The van der Waals surface area contributed by atoms with Crippen LogP contribution in [0.2, 0.25) is 0 Å². The lowest BCUT2D eigenvalue weighted by Crippen LogP contribution is -2.42. The van der Waals surface area contributed by atoms with Gasteiger partial charge in [0.05, 0.1) is 11.0 Å². The molecule has 0 amide bonds. The van der Waals surface area contributed by atoms with Crippen molar-refractivity contribution in [2.24, 2.45) is 5.92 Å². The van der Waals surface area contributed by atoms with E-state index in [9.17, 15) is 8.42 Å². The van der Waals surface area contributed by atoms with Crippen molar-refractivity contribution in [2.45, 2.75) is 58.8 Å². The quantitative estimate of drug-likeness (QED) is 0.717. The minimum absolute atomic E-state index is 0.0824. The molecule has 0 aromatic heterocycles. The van der Waals surface area contributed by atoms with Gasteiger partial charge in [-0.2, -0.15) is 0 Å². The Kier molecular flexibility index (Phi) is 7.24. The second kappa shape index (κ2) is 7.28. The Bertz CT molecular complexity index is 273. The van der Waals surface area contributed by atoms with E-state index < -0.39 is 9.84 Å². The molecule has 0 aliphatic carbocycles. The standard InChI is InChI=1S/C12H27NO2S/c1-6-8-13-12(10(3)4)9-16(14,15)11(5)7-2/h10-13H,6-9H2,1-5H3. The molecule has 3 nitrogen and oxygen atoms in total. The largest absolute Gasteiger partial charge is 0.313 e. The lowest BCUT2D eigenvalue weighted by Gasteiger charge is -2.23. The Hall–Kier alpha value is -0.0900. The average Bonchev–Trinajstić information content (AvgIpc) is 2.22. The van der Waals surface area contributed by atoms with Crippen molar-refractivity contribution in [3.8, 4) is 0 Å². The Labute approximate surface area is 101 Å². The summed E-state index contributed by atoms with van der Waals surface area (Å²) in [5.74, 6) is 0.616. The fourth-order valence-electron chi connectivity index (χ4n) is 1.49. The molecule has 4 heteroatoms. The Morgan fingerprint density at radius 3 is 2.06 bits per heavy atom. The molecule has 0 rings (SSSR count). The number of hydrogen-bond acceptors (Lipinski definition) is 3. The van der Waals surface area contributed by atoms with Crippen LogP contribution in [-0.2, 0) is 9.84 Å². The summed E-state index contributed by atoms with van der Waals surface area (Å²) in [4.78, 5) is 0. The van der Waals surface area contributed by atoms with E-state index in [0.29, 0.717) is 12.3 Å². The summed E-state index contributed by atoms with van der Waals surface area (Å²) < 4.78 is 24.0. The van der Waals surface area contributed by atoms with Gasteiger partial charge in [-0.1, -0.05) is 27.7 Å². The molecule has 0 aliphatic heterocycles. The first kappa shape index (κ1) is 15.9. The van der Waals surface area contributed by atoms with Gasteiger partial charge in [0.25, 0.3) is 0 Å². The van der Waals surface area contributed by atoms with E-state index in [4.69, 9.17) is 0 Å². The average molecular weight is 249 g/mol. The first-order chi connectivity index (χ1) is 7.35. The van der Waals surface area contributed by atoms with Crippen LogP contribution >= 0.6 is 0 Å². The molecule has 2 atom stereocenters. The number of sulfone groups is 1. The fraction of sp³-hybridized carbons (Fsp3) is 1.00. The van der Waals surface area contributed by atoms with Gasteiger partial charge in [-0.25, -0.2) is 8.42 Å². The predicted octanol–water partition coefficient (Wildman–Crippen LogP) is 2.22. The number of rotatable bonds is 8. The molecule has 2 unspecified atom stereocenters. The SMILES string of the molecule is CCCNC(CS(=O)(=O)C(C)CC)C(C)C. The van der Waals surface area contributed by atoms with Gasteiger partial charge in [-0.3, -0.25) is 0 Å². The fourth-order valence-corrected chi connectivity index (χ4v) is 3.32. The topological polar surface area (TPSA) is 46.2 Å². The number of nitrogens with one attached hydrogen (secondary N) is 1. The van der Waals surface area contributed by atoms with Gasteiger partial charge >= 0.3 is 0 Å². The van der Waals surface area contributed by atoms with Gasteiger partial charge < -0.3 is 5.32 Å². The molecule has 0 radical (unpaired) electrons. The monoisotopic (exact) mass is 249 g/mol. The second-order valence-electron chi connectivity index (χ2n) is 4.85. The highest BCUT2D eigenvalue weighted by Gasteiger charge is 2.25. The highest BCUT2D eigenvalue weighted by atomic mass is 32.2. The maximum absolute atomic E-state index is 12.0. The Morgan fingerprint density at radius 2 is 1.69 bits per heavy atom. The summed E-state index contributed by atoms with van der Waals surface area (Å²) >= 11 is 0. The molecule has 0 spiro atoms. The molecule has 0 bridgehead atoms. The summed E-state index contributed by atoms with van der Waals surface area (Å²) in [5.41, 5.74) is 0. The van der Waals surface area contributed by atoms with Gasteiger partial charge in [-0.05, 0) is 32.2 Å². The normalized spacial score (nSPS) is 16.4. The lowest BCUT2D eigenvalue weighted by atomic mass is 10.1. The molecule has 98 valence electrons. The zero-order chi connectivity index (χ0) is 12.8. The maximum Gasteiger partial charge on any atom is 0.154 e. The van der Waals surface area contributed by atoms with E-state index >= 15 is 0 Å². The van der Waals surface area contributed by atoms with Crippen LogP contribution < -0.4 is 5.32 Å². The van der Waals surface area contributed by atoms with Crippen LogP contribution in [-0.4, -0.2) is 32.0 Å². The minimum atomic E-state index is -2.95. The summed E-state index contributed by atoms with van der Waals surface area (Å²) in [6, 6.07) is 0.0824. The van der Waals surface area contributed by atoms with E-state index in [1.807, 2.05) is 6.92 Å². The lowest BCUT2D eigenvalue weighted by molar-refractivity contribution is 0.424. The van der Waals surface area contributed by atoms with Crippen LogP contribution in [0.15, 0.2) is 0 Å². The van der Waals surface area contributed by atoms with Gasteiger partial charge in [-0.15, -0.1) is 0 Å². The van der Waals surface area contributed by atoms with Gasteiger partial charge in [0.1, 0.15) is 0 Å². The zero-order valence-electron chi connectivity index (χ0n) is 11.3. The molecular formula is C12H27NO2S. The van der Waals surface area contributed by atoms with Crippen LogP contribution in [0.5, 0.6) is 0 Å². The van der Waals surface area contributed by atoms with Crippen LogP contribution in [0, 0.1) is 5.92 Å². The van der Waals surface area contributed by atoms with Crippen LogP contribution in [0.25, 0.3) is 0 Å². The Morgan fingerprint density at radius 1 is 1.12 bits per heavy atom. The minimum Gasteiger partial charge on any atom is -0.313 e. The second-order valence-corrected chi connectivity index (χ2v) is 7.32. The molecule has 1 N–H and O–H groups in total. The summed E-state index contributed by atoms with van der Waals surface area (Å²) in [6.07, 6.45) is 1.73. The highest BCUT2D eigenvalue weighted by molar-refractivity contribution is 7.92. The molecule has 0 aromatic rings. The van der Waals surface area contributed by atoms with E-state index in [0.717, 1.165) is 13.0 Å². The smallest absolute Gasteiger partial charge is 0.154 e. The molecule has 0 fully saturated rings.